The van der Waals surface area contributed by atoms with Crippen LogP contribution in [0.4, 0.5) is 0 Å². The number of thiophene rings is 1. The minimum atomic E-state index is 0.0396. The normalized spacial score (nSPS) is 11.2. The highest BCUT2D eigenvalue weighted by atomic mass is 79.9. The van der Waals surface area contributed by atoms with E-state index in [0.717, 1.165) is 15.8 Å². The third-order valence-electron chi connectivity index (χ3n) is 2.69. The van der Waals surface area contributed by atoms with Crippen molar-refractivity contribution in [2.45, 2.75) is 33.2 Å². The minimum absolute atomic E-state index is 0.0396. The van der Waals surface area contributed by atoms with Gasteiger partial charge in [0.2, 0.25) is 5.78 Å². The second kappa shape index (κ2) is 5.36. The Morgan fingerprint density at radius 2 is 2.22 bits per heavy atom. The molecule has 0 aliphatic rings. The van der Waals surface area contributed by atoms with E-state index in [1.807, 2.05) is 26.0 Å². The van der Waals surface area contributed by atoms with Crippen LogP contribution in [-0.2, 0) is 6.42 Å². The van der Waals surface area contributed by atoms with E-state index in [2.05, 4.69) is 28.0 Å². The predicted molar refractivity (Wildman–Crippen MR) is 77.4 cm³/mol. The summed E-state index contributed by atoms with van der Waals surface area (Å²) in [4.78, 5) is 14.5. The SMILES string of the molecule is CCc1ccc(C(=O)c2c(Br)cnn2C(C)C)s1. The molecule has 96 valence electrons. The van der Waals surface area contributed by atoms with Crippen LogP contribution in [0.25, 0.3) is 0 Å². The van der Waals surface area contributed by atoms with Crippen LogP contribution in [0.1, 0.15) is 47.1 Å². The molecule has 0 saturated heterocycles. The van der Waals surface area contributed by atoms with Gasteiger partial charge >= 0.3 is 0 Å². The number of rotatable bonds is 4. The molecule has 3 nitrogen and oxygen atoms in total. The van der Waals surface area contributed by atoms with Crippen LogP contribution in [0.3, 0.4) is 0 Å². The summed E-state index contributed by atoms with van der Waals surface area (Å²) in [5.74, 6) is 0.0396. The highest BCUT2D eigenvalue weighted by Gasteiger charge is 2.21. The molecule has 0 spiro atoms. The molecule has 2 heterocycles. The van der Waals surface area contributed by atoms with E-state index < -0.39 is 0 Å². The van der Waals surface area contributed by atoms with Gasteiger partial charge in [-0.05, 0) is 48.3 Å². The zero-order valence-corrected chi connectivity index (χ0v) is 13.0. The molecule has 0 aliphatic carbocycles. The zero-order chi connectivity index (χ0) is 13.3. The van der Waals surface area contributed by atoms with Crippen LogP contribution in [-0.4, -0.2) is 15.6 Å². The van der Waals surface area contributed by atoms with Gasteiger partial charge < -0.3 is 0 Å². The second-order valence-corrected chi connectivity index (χ2v) is 6.35. The fourth-order valence-corrected chi connectivity index (χ4v) is 3.09. The Bertz CT molecular complexity index is 571. The average molecular weight is 327 g/mol. The molecule has 0 bridgehead atoms. The van der Waals surface area contributed by atoms with Crippen molar-refractivity contribution >= 4 is 33.0 Å². The summed E-state index contributed by atoms with van der Waals surface area (Å²) < 4.78 is 2.52. The van der Waals surface area contributed by atoms with Gasteiger partial charge in [-0.2, -0.15) is 5.10 Å². The first kappa shape index (κ1) is 13.5. The van der Waals surface area contributed by atoms with Gasteiger partial charge in [0.15, 0.2) is 0 Å². The molecule has 0 aromatic carbocycles. The van der Waals surface area contributed by atoms with Crippen molar-refractivity contribution in [3.8, 4) is 0 Å². The second-order valence-electron chi connectivity index (χ2n) is 4.33. The van der Waals surface area contributed by atoms with Gasteiger partial charge in [0.25, 0.3) is 0 Å². The van der Waals surface area contributed by atoms with Gasteiger partial charge in [0, 0.05) is 10.9 Å². The maximum atomic E-state index is 12.5. The third-order valence-corrected chi connectivity index (χ3v) is 4.50. The van der Waals surface area contributed by atoms with E-state index >= 15 is 0 Å². The van der Waals surface area contributed by atoms with Crippen LogP contribution in [0.5, 0.6) is 0 Å². The molecule has 5 heteroatoms. The first-order valence-corrected chi connectivity index (χ1v) is 7.52. The zero-order valence-electron chi connectivity index (χ0n) is 10.6. The van der Waals surface area contributed by atoms with Gasteiger partial charge in [-0.3, -0.25) is 9.48 Å². The number of nitrogens with zero attached hydrogens (tertiary/aromatic N) is 2. The van der Waals surface area contributed by atoms with Gasteiger partial charge in [0.1, 0.15) is 5.69 Å². The van der Waals surface area contributed by atoms with Crippen molar-refractivity contribution in [3.05, 3.63) is 38.3 Å². The molecule has 0 unspecified atom stereocenters. The standard InChI is InChI=1S/C13H15BrN2OS/c1-4-9-5-6-11(18-9)13(17)12-10(14)7-15-16(12)8(2)3/h5-8H,4H2,1-3H3. The highest BCUT2D eigenvalue weighted by Crippen LogP contribution is 2.26. The highest BCUT2D eigenvalue weighted by molar-refractivity contribution is 9.10. The number of carbonyl (C=O) groups is 1. The molecule has 0 fully saturated rings. The molecule has 2 rings (SSSR count). The van der Waals surface area contributed by atoms with Crippen LogP contribution < -0.4 is 0 Å². The number of carbonyl (C=O) groups excluding carboxylic acids is 1. The number of halogens is 1. The summed E-state index contributed by atoms with van der Waals surface area (Å²) in [6, 6.07) is 4.08. The van der Waals surface area contributed by atoms with Crippen LogP contribution in [0.2, 0.25) is 0 Å². The van der Waals surface area contributed by atoms with Crippen molar-refractivity contribution in [2.24, 2.45) is 0 Å². The largest absolute Gasteiger partial charge is 0.286 e. The lowest BCUT2D eigenvalue weighted by Crippen LogP contribution is -2.13. The predicted octanol–water partition coefficient (Wildman–Crippen LogP) is 4.08. The Balaban J connectivity index is 2.42. The lowest BCUT2D eigenvalue weighted by molar-refractivity contribution is 0.103. The average Bonchev–Trinajstić information content (AvgIpc) is 2.94. The van der Waals surface area contributed by atoms with E-state index in [0.29, 0.717) is 5.69 Å². The van der Waals surface area contributed by atoms with E-state index in [1.54, 1.807) is 22.2 Å². The van der Waals surface area contributed by atoms with E-state index in [9.17, 15) is 4.79 Å². The van der Waals surface area contributed by atoms with Crippen molar-refractivity contribution < 1.29 is 4.79 Å². The van der Waals surface area contributed by atoms with Crippen LogP contribution >= 0.6 is 27.3 Å². The van der Waals surface area contributed by atoms with Crippen molar-refractivity contribution in [1.82, 2.24) is 9.78 Å². The van der Waals surface area contributed by atoms with E-state index in [1.165, 1.54) is 4.88 Å². The summed E-state index contributed by atoms with van der Waals surface area (Å²) in [5, 5.41) is 4.24. The van der Waals surface area contributed by atoms with Crippen molar-refractivity contribution in [3.63, 3.8) is 0 Å². The number of aromatic nitrogens is 2. The fraction of sp³-hybridized carbons (Fsp3) is 0.385. The van der Waals surface area contributed by atoms with E-state index in [-0.39, 0.29) is 11.8 Å². The van der Waals surface area contributed by atoms with Gasteiger partial charge in [-0.25, -0.2) is 0 Å². The molecule has 0 saturated carbocycles. The van der Waals surface area contributed by atoms with Crippen LogP contribution in [0, 0.1) is 0 Å². The summed E-state index contributed by atoms with van der Waals surface area (Å²) in [5.41, 5.74) is 0.634. The molecular weight excluding hydrogens is 312 g/mol. The molecule has 18 heavy (non-hydrogen) atoms. The van der Waals surface area contributed by atoms with Gasteiger partial charge in [-0.1, -0.05) is 6.92 Å². The summed E-state index contributed by atoms with van der Waals surface area (Å²) in [7, 11) is 0. The molecule has 0 atom stereocenters. The van der Waals surface area contributed by atoms with Gasteiger partial charge in [0.05, 0.1) is 15.5 Å². The summed E-state index contributed by atoms with van der Waals surface area (Å²) in [6.45, 7) is 6.12. The maximum Gasteiger partial charge on any atom is 0.222 e. The summed E-state index contributed by atoms with van der Waals surface area (Å²) >= 11 is 4.96. The maximum absolute atomic E-state index is 12.5. The summed E-state index contributed by atoms with van der Waals surface area (Å²) in [6.07, 6.45) is 2.64. The molecular formula is C13H15BrN2OS. The molecule has 0 aliphatic heterocycles. The van der Waals surface area contributed by atoms with E-state index in [4.69, 9.17) is 0 Å². The Labute approximate surface area is 119 Å². The van der Waals surface area contributed by atoms with Crippen LogP contribution in [0.15, 0.2) is 22.8 Å². The quantitative estimate of drug-likeness (QED) is 0.793. The lowest BCUT2D eigenvalue weighted by Gasteiger charge is -2.09. The topological polar surface area (TPSA) is 34.9 Å². The first-order chi connectivity index (χ1) is 8.54. The molecule has 0 amide bonds. The number of hydrogen-bond acceptors (Lipinski definition) is 3. The van der Waals surface area contributed by atoms with Gasteiger partial charge in [-0.15, -0.1) is 11.3 Å². The Kier molecular flexibility index (Phi) is 4.02. The Morgan fingerprint density at radius 3 is 2.78 bits per heavy atom. The Morgan fingerprint density at radius 1 is 1.50 bits per heavy atom. The molecule has 0 N–H and O–H groups in total. The van der Waals surface area contributed by atoms with Crippen molar-refractivity contribution in [1.29, 1.82) is 0 Å². The Hall–Kier alpha value is -0.940. The molecule has 2 aromatic rings. The fourth-order valence-electron chi connectivity index (χ4n) is 1.75. The number of aryl methyl sites for hydroxylation is 1. The third kappa shape index (κ3) is 2.42. The lowest BCUT2D eigenvalue weighted by atomic mass is 10.2. The number of ketones is 1. The first-order valence-electron chi connectivity index (χ1n) is 5.91. The van der Waals surface area contributed by atoms with Crippen molar-refractivity contribution in [2.75, 3.05) is 0 Å². The monoisotopic (exact) mass is 326 g/mol. The molecule has 0 radical (unpaired) electrons. The number of hydrogen-bond donors (Lipinski definition) is 0. The molecule has 2 aromatic heterocycles. The smallest absolute Gasteiger partial charge is 0.222 e. The minimum Gasteiger partial charge on any atom is -0.286 e.